The number of aliphatic hydroxyl groups is 2. The second-order valence-corrected chi connectivity index (χ2v) is 5.51. The molecule has 1 aromatic rings. The van der Waals surface area contributed by atoms with Crippen molar-refractivity contribution in [1.29, 1.82) is 0 Å². The number of benzene rings is 1. The van der Waals surface area contributed by atoms with Crippen molar-refractivity contribution in [2.24, 2.45) is 0 Å². The number of nitrogens with one attached hydrogen (secondary N) is 1. The third-order valence-electron chi connectivity index (χ3n) is 2.45. The zero-order valence-electron chi connectivity index (χ0n) is 10.5. The Balaban J connectivity index is 2.67. The summed E-state index contributed by atoms with van der Waals surface area (Å²) in [7, 11) is 0. The summed E-state index contributed by atoms with van der Waals surface area (Å²) in [5.74, 6) is 0.470. The van der Waals surface area contributed by atoms with Gasteiger partial charge in [-0.1, -0.05) is 24.6 Å². The van der Waals surface area contributed by atoms with Crippen LogP contribution in [0.1, 0.15) is 18.9 Å². The van der Waals surface area contributed by atoms with E-state index in [0.29, 0.717) is 5.75 Å². The van der Waals surface area contributed by atoms with Crippen molar-refractivity contribution in [2.45, 2.75) is 30.9 Å². The first kappa shape index (κ1) is 15.8. The molecule has 1 unspecified atom stereocenters. The lowest BCUT2D eigenvalue weighted by atomic mass is 10.2. The normalized spacial score (nSPS) is 12.7. The van der Waals surface area contributed by atoms with Crippen LogP contribution in [0.5, 0.6) is 0 Å². The molecule has 0 amide bonds. The van der Waals surface area contributed by atoms with Gasteiger partial charge in [0.25, 0.3) is 0 Å². The second-order valence-electron chi connectivity index (χ2n) is 4.04. The molecule has 1 aromatic carbocycles. The number of thioether (sulfide) groups is 1. The molecule has 0 radical (unpaired) electrons. The van der Waals surface area contributed by atoms with Crippen molar-refractivity contribution in [3.63, 3.8) is 0 Å². The number of aliphatic hydroxyl groups excluding tert-OH is 2. The average Bonchev–Trinajstić information content (AvgIpc) is 2.38. The molecule has 0 aliphatic rings. The van der Waals surface area contributed by atoms with Crippen LogP contribution in [0.3, 0.4) is 0 Å². The Kier molecular flexibility index (Phi) is 7.70. The summed E-state index contributed by atoms with van der Waals surface area (Å²) < 4.78 is 0. The van der Waals surface area contributed by atoms with Crippen LogP contribution in [-0.2, 0) is 6.54 Å². The molecular formula is C13H20ClNO2S. The van der Waals surface area contributed by atoms with Gasteiger partial charge in [-0.15, -0.1) is 11.8 Å². The minimum Gasteiger partial charge on any atom is -0.394 e. The second kappa shape index (κ2) is 8.77. The first-order valence-electron chi connectivity index (χ1n) is 6.08. The van der Waals surface area contributed by atoms with E-state index in [1.807, 2.05) is 18.2 Å². The fourth-order valence-corrected chi connectivity index (χ4v) is 2.78. The van der Waals surface area contributed by atoms with Crippen molar-refractivity contribution in [1.82, 2.24) is 5.32 Å². The smallest absolute Gasteiger partial charge is 0.0864 e. The van der Waals surface area contributed by atoms with Gasteiger partial charge in [0.1, 0.15) is 0 Å². The van der Waals surface area contributed by atoms with Crippen LogP contribution in [0, 0.1) is 0 Å². The Labute approximate surface area is 118 Å². The van der Waals surface area contributed by atoms with Crippen LogP contribution in [0.4, 0.5) is 0 Å². The van der Waals surface area contributed by atoms with E-state index in [4.69, 9.17) is 16.7 Å². The summed E-state index contributed by atoms with van der Waals surface area (Å²) in [6.07, 6.45) is 0.390. The van der Waals surface area contributed by atoms with E-state index in [-0.39, 0.29) is 6.61 Å². The quantitative estimate of drug-likeness (QED) is 0.508. The molecule has 18 heavy (non-hydrogen) atoms. The lowest BCUT2D eigenvalue weighted by Crippen LogP contribution is -2.16. The molecule has 102 valence electrons. The predicted molar refractivity (Wildman–Crippen MR) is 77.3 cm³/mol. The minimum atomic E-state index is -0.689. The largest absolute Gasteiger partial charge is 0.394 e. The number of hydrogen-bond acceptors (Lipinski definition) is 4. The van der Waals surface area contributed by atoms with Crippen LogP contribution >= 0.6 is 23.4 Å². The van der Waals surface area contributed by atoms with Crippen LogP contribution in [0.15, 0.2) is 23.1 Å². The van der Waals surface area contributed by atoms with E-state index in [9.17, 15) is 5.11 Å². The van der Waals surface area contributed by atoms with Gasteiger partial charge in [-0.05, 0) is 30.7 Å². The van der Waals surface area contributed by atoms with Crippen molar-refractivity contribution in [2.75, 3.05) is 18.9 Å². The Morgan fingerprint density at radius 1 is 1.44 bits per heavy atom. The molecule has 0 bridgehead atoms. The highest BCUT2D eigenvalue weighted by molar-refractivity contribution is 7.99. The van der Waals surface area contributed by atoms with Crippen molar-refractivity contribution in [3.05, 3.63) is 28.8 Å². The highest BCUT2D eigenvalue weighted by Gasteiger charge is 2.09. The maximum absolute atomic E-state index is 9.37. The molecule has 1 rings (SSSR count). The molecule has 0 aliphatic carbocycles. The van der Waals surface area contributed by atoms with E-state index < -0.39 is 6.10 Å². The predicted octanol–water partition coefficient (Wildman–Crippen LogP) is 2.28. The van der Waals surface area contributed by atoms with Gasteiger partial charge in [-0.2, -0.15) is 0 Å². The summed E-state index contributed by atoms with van der Waals surface area (Å²) in [5, 5.41) is 22.2. The molecule has 1 atom stereocenters. The van der Waals surface area contributed by atoms with Crippen molar-refractivity contribution in [3.8, 4) is 0 Å². The van der Waals surface area contributed by atoms with Gasteiger partial charge in [0.05, 0.1) is 12.7 Å². The maximum atomic E-state index is 9.37. The molecule has 3 nitrogen and oxygen atoms in total. The van der Waals surface area contributed by atoms with Crippen LogP contribution in [0.25, 0.3) is 0 Å². The lowest BCUT2D eigenvalue weighted by molar-refractivity contribution is 0.113. The summed E-state index contributed by atoms with van der Waals surface area (Å²) in [5.41, 5.74) is 1.06. The molecular weight excluding hydrogens is 270 g/mol. The van der Waals surface area contributed by atoms with Crippen LogP contribution in [-0.4, -0.2) is 35.2 Å². The molecule has 0 saturated carbocycles. The molecule has 0 spiro atoms. The van der Waals surface area contributed by atoms with E-state index in [2.05, 4.69) is 12.2 Å². The third-order valence-corrected chi connectivity index (χ3v) is 4.05. The van der Waals surface area contributed by atoms with E-state index >= 15 is 0 Å². The monoisotopic (exact) mass is 289 g/mol. The Bertz CT molecular complexity index is 363. The third kappa shape index (κ3) is 5.16. The highest BCUT2D eigenvalue weighted by Crippen LogP contribution is 2.28. The van der Waals surface area contributed by atoms with Crippen LogP contribution in [0.2, 0.25) is 5.02 Å². The molecule has 0 saturated heterocycles. The number of rotatable bonds is 8. The van der Waals surface area contributed by atoms with Gasteiger partial charge in [-0.25, -0.2) is 0 Å². The summed E-state index contributed by atoms with van der Waals surface area (Å²) in [6.45, 7) is 3.59. The maximum Gasteiger partial charge on any atom is 0.0864 e. The fraction of sp³-hybridized carbons (Fsp3) is 0.538. The van der Waals surface area contributed by atoms with E-state index in [1.165, 1.54) is 11.8 Å². The van der Waals surface area contributed by atoms with Crippen LogP contribution < -0.4 is 5.32 Å². The number of hydrogen-bond donors (Lipinski definition) is 3. The summed E-state index contributed by atoms with van der Waals surface area (Å²) in [4.78, 5) is 1.05. The molecule has 0 aliphatic heterocycles. The molecule has 0 aromatic heterocycles. The van der Waals surface area contributed by atoms with Gasteiger partial charge < -0.3 is 15.5 Å². The standard InChI is InChI=1S/C13H20ClNO2S/c1-2-6-15-7-11-12(14)4-3-5-13(11)18-9-10(17)8-16/h3-5,10,15-17H,2,6-9H2,1H3. The summed E-state index contributed by atoms with van der Waals surface area (Å²) in [6, 6.07) is 5.76. The first-order chi connectivity index (χ1) is 8.69. The van der Waals surface area contributed by atoms with E-state index in [0.717, 1.165) is 35.0 Å². The van der Waals surface area contributed by atoms with Gasteiger partial charge in [0.15, 0.2) is 0 Å². The van der Waals surface area contributed by atoms with Gasteiger partial charge in [0.2, 0.25) is 0 Å². The Morgan fingerprint density at radius 2 is 2.22 bits per heavy atom. The van der Waals surface area contributed by atoms with E-state index in [1.54, 1.807) is 0 Å². The topological polar surface area (TPSA) is 52.5 Å². The SMILES string of the molecule is CCCNCc1c(Cl)cccc1SCC(O)CO. The molecule has 3 N–H and O–H groups in total. The zero-order chi connectivity index (χ0) is 13.4. The number of halogens is 1. The van der Waals surface area contributed by atoms with Gasteiger partial charge in [-0.3, -0.25) is 0 Å². The highest BCUT2D eigenvalue weighted by atomic mass is 35.5. The average molecular weight is 290 g/mol. The lowest BCUT2D eigenvalue weighted by Gasteiger charge is -2.13. The zero-order valence-corrected chi connectivity index (χ0v) is 12.1. The summed E-state index contributed by atoms with van der Waals surface area (Å²) >= 11 is 7.71. The first-order valence-corrected chi connectivity index (χ1v) is 7.45. The molecule has 0 fully saturated rings. The van der Waals surface area contributed by atoms with Gasteiger partial charge >= 0.3 is 0 Å². The van der Waals surface area contributed by atoms with Crippen molar-refractivity contribution >= 4 is 23.4 Å². The Hall–Kier alpha value is -0.260. The molecule has 0 heterocycles. The van der Waals surface area contributed by atoms with Crippen molar-refractivity contribution < 1.29 is 10.2 Å². The Morgan fingerprint density at radius 3 is 2.89 bits per heavy atom. The van der Waals surface area contributed by atoms with Gasteiger partial charge in [0, 0.05) is 22.2 Å². The minimum absolute atomic E-state index is 0.211. The molecule has 5 heteroatoms. The fourth-order valence-electron chi connectivity index (χ4n) is 1.47.